The van der Waals surface area contributed by atoms with E-state index in [2.05, 4.69) is 10.1 Å². The Balaban J connectivity index is 1.96. The first-order valence-corrected chi connectivity index (χ1v) is 9.18. The average molecular weight is 422 g/mol. The van der Waals surface area contributed by atoms with Crippen LogP contribution in [0.4, 0.5) is 0 Å². The minimum absolute atomic E-state index is 0.154. The van der Waals surface area contributed by atoms with E-state index in [9.17, 15) is 14.7 Å². The van der Waals surface area contributed by atoms with Crippen LogP contribution in [0.2, 0.25) is 10.0 Å². The molecule has 146 valence electrons. The standard InChI is InChI=1S/C19H17Cl2N3O4/c1-10(2)5-11-6-13(3-4-16(11)25)28-18-14(20)7-12(8-15(18)21)24-19(27)23-17(26)9-22-24/h3-4,6-10,25H,5H2,1-2H3,(H,23,26,27). The van der Waals surface area contributed by atoms with Crippen molar-refractivity contribution in [1.82, 2.24) is 14.8 Å². The van der Waals surface area contributed by atoms with E-state index in [4.69, 9.17) is 27.9 Å². The smallest absolute Gasteiger partial charge is 0.349 e. The molecule has 0 saturated carbocycles. The number of H-pyrrole nitrogens is 1. The molecule has 3 rings (SSSR count). The molecule has 2 aromatic carbocycles. The summed E-state index contributed by atoms with van der Waals surface area (Å²) in [6.45, 7) is 4.10. The fourth-order valence-electron chi connectivity index (χ4n) is 2.65. The number of aromatic nitrogens is 3. The van der Waals surface area contributed by atoms with Crippen LogP contribution in [0.5, 0.6) is 17.2 Å². The van der Waals surface area contributed by atoms with E-state index in [0.29, 0.717) is 18.1 Å². The molecule has 0 fully saturated rings. The van der Waals surface area contributed by atoms with Crippen LogP contribution in [0, 0.1) is 5.92 Å². The van der Waals surface area contributed by atoms with Crippen LogP contribution < -0.4 is 16.0 Å². The van der Waals surface area contributed by atoms with Gasteiger partial charge in [0.15, 0.2) is 5.75 Å². The van der Waals surface area contributed by atoms with E-state index < -0.39 is 11.2 Å². The lowest BCUT2D eigenvalue weighted by Gasteiger charge is -2.14. The summed E-state index contributed by atoms with van der Waals surface area (Å²) in [5.74, 6) is 1.21. The number of aromatic hydroxyl groups is 1. The van der Waals surface area contributed by atoms with Crippen LogP contribution >= 0.6 is 23.2 Å². The summed E-state index contributed by atoms with van der Waals surface area (Å²) in [7, 11) is 0. The highest BCUT2D eigenvalue weighted by molar-refractivity contribution is 6.37. The van der Waals surface area contributed by atoms with Crippen LogP contribution in [-0.4, -0.2) is 19.9 Å². The summed E-state index contributed by atoms with van der Waals surface area (Å²) in [6.07, 6.45) is 1.66. The predicted molar refractivity (Wildman–Crippen MR) is 107 cm³/mol. The molecule has 0 amide bonds. The number of ether oxygens (including phenoxy) is 1. The molecule has 1 heterocycles. The lowest BCUT2D eigenvalue weighted by atomic mass is 10.0. The third-order valence-electron chi connectivity index (χ3n) is 3.84. The van der Waals surface area contributed by atoms with Crippen molar-refractivity contribution < 1.29 is 9.84 Å². The summed E-state index contributed by atoms with van der Waals surface area (Å²) in [4.78, 5) is 25.2. The normalized spacial score (nSPS) is 11.0. The Morgan fingerprint density at radius 1 is 1.18 bits per heavy atom. The molecule has 0 saturated heterocycles. The number of phenols is 1. The Kier molecular flexibility index (Phi) is 5.76. The van der Waals surface area contributed by atoms with Crippen molar-refractivity contribution in [3.8, 4) is 22.9 Å². The highest BCUT2D eigenvalue weighted by atomic mass is 35.5. The van der Waals surface area contributed by atoms with Crippen molar-refractivity contribution >= 4 is 23.2 Å². The van der Waals surface area contributed by atoms with Crippen molar-refractivity contribution in [2.75, 3.05) is 0 Å². The van der Waals surface area contributed by atoms with E-state index in [1.807, 2.05) is 13.8 Å². The van der Waals surface area contributed by atoms with Crippen LogP contribution in [0.3, 0.4) is 0 Å². The molecule has 0 atom stereocenters. The minimum atomic E-state index is -0.717. The zero-order chi connectivity index (χ0) is 20.4. The van der Waals surface area contributed by atoms with E-state index >= 15 is 0 Å². The number of aromatic amines is 1. The molecule has 3 aromatic rings. The van der Waals surface area contributed by atoms with Crippen molar-refractivity contribution in [3.05, 3.63) is 73.0 Å². The number of nitrogens with one attached hydrogen (secondary N) is 1. The Morgan fingerprint density at radius 2 is 1.86 bits per heavy atom. The molecule has 0 radical (unpaired) electrons. The van der Waals surface area contributed by atoms with Crippen LogP contribution in [0.15, 0.2) is 46.1 Å². The fourth-order valence-corrected chi connectivity index (χ4v) is 3.20. The third kappa shape index (κ3) is 4.37. The lowest BCUT2D eigenvalue weighted by molar-refractivity contribution is 0.453. The summed E-state index contributed by atoms with van der Waals surface area (Å²) >= 11 is 12.6. The first kappa shape index (κ1) is 20.0. The number of nitrogens with zero attached hydrogens (tertiary/aromatic N) is 2. The molecular weight excluding hydrogens is 405 g/mol. The Bertz CT molecular complexity index is 1120. The van der Waals surface area contributed by atoms with Gasteiger partial charge in [0.1, 0.15) is 17.7 Å². The van der Waals surface area contributed by atoms with Gasteiger partial charge in [-0.15, -0.1) is 0 Å². The molecular formula is C19H17Cl2N3O4. The third-order valence-corrected chi connectivity index (χ3v) is 4.40. The maximum Gasteiger partial charge on any atom is 0.349 e. The van der Waals surface area contributed by atoms with E-state index in [1.165, 1.54) is 12.1 Å². The summed E-state index contributed by atoms with van der Waals surface area (Å²) in [5, 5.41) is 14.1. The molecule has 7 nitrogen and oxygen atoms in total. The quantitative estimate of drug-likeness (QED) is 0.650. The van der Waals surface area contributed by atoms with E-state index in [1.54, 1.807) is 18.2 Å². The van der Waals surface area contributed by atoms with Crippen LogP contribution in [0.1, 0.15) is 19.4 Å². The zero-order valence-corrected chi connectivity index (χ0v) is 16.6. The first-order chi connectivity index (χ1) is 13.2. The Labute approximate surface area is 170 Å². The number of halogens is 2. The number of hydrogen-bond donors (Lipinski definition) is 2. The van der Waals surface area contributed by atoms with Gasteiger partial charge in [0.25, 0.3) is 5.56 Å². The highest BCUT2D eigenvalue weighted by Gasteiger charge is 2.15. The number of rotatable bonds is 5. The predicted octanol–water partition coefficient (Wildman–Crippen LogP) is 3.92. The summed E-state index contributed by atoms with van der Waals surface area (Å²) < 4.78 is 6.78. The van der Waals surface area contributed by atoms with Gasteiger partial charge in [-0.3, -0.25) is 9.78 Å². The van der Waals surface area contributed by atoms with Gasteiger partial charge in [0.05, 0.1) is 15.7 Å². The maximum atomic E-state index is 11.9. The second-order valence-electron chi connectivity index (χ2n) is 6.58. The topological polar surface area (TPSA) is 97.2 Å². The number of phenolic OH excluding ortho intramolecular Hbond substituents is 1. The summed E-state index contributed by atoms with van der Waals surface area (Å²) in [6, 6.07) is 7.78. The van der Waals surface area contributed by atoms with Crippen molar-refractivity contribution in [2.45, 2.75) is 20.3 Å². The average Bonchev–Trinajstić information content (AvgIpc) is 2.60. The van der Waals surface area contributed by atoms with Crippen molar-refractivity contribution in [3.63, 3.8) is 0 Å². The first-order valence-electron chi connectivity index (χ1n) is 8.42. The minimum Gasteiger partial charge on any atom is -0.508 e. The highest BCUT2D eigenvalue weighted by Crippen LogP contribution is 2.39. The van der Waals surface area contributed by atoms with Crippen molar-refractivity contribution in [2.24, 2.45) is 5.92 Å². The molecule has 0 unspecified atom stereocenters. The molecule has 0 aliphatic carbocycles. The largest absolute Gasteiger partial charge is 0.508 e. The van der Waals surface area contributed by atoms with Gasteiger partial charge in [-0.05, 0) is 48.2 Å². The van der Waals surface area contributed by atoms with Gasteiger partial charge in [-0.25, -0.2) is 4.79 Å². The molecule has 28 heavy (non-hydrogen) atoms. The van der Waals surface area contributed by atoms with Gasteiger partial charge in [0.2, 0.25) is 0 Å². The SMILES string of the molecule is CC(C)Cc1cc(Oc2c(Cl)cc(-n3ncc(=O)[nH]c3=O)cc2Cl)ccc1O. The van der Waals surface area contributed by atoms with Gasteiger partial charge in [-0.1, -0.05) is 37.0 Å². The van der Waals surface area contributed by atoms with Gasteiger partial charge >= 0.3 is 5.69 Å². The fraction of sp³-hybridized carbons (Fsp3) is 0.211. The lowest BCUT2D eigenvalue weighted by Crippen LogP contribution is -2.30. The van der Waals surface area contributed by atoms with Gasteiger partial charge < -0.3 is 9.84 Å². The monoisotopic (exact) mass is 421 g/mol. The molecule has 9 heteroatoms. The molecule has 1 aromatic heterocycles. The zero-order valence-electron chi connectivity index (χ0n) is 15.1. The van der Waals surface area contributed by atoms with Gasteiger partial charge in [0, 0.05) is 0 Å². The van der Waals surface area contributed by atoms with Crippen LogP contribution in [-0.2, 0) is 6.42 Å². The summed E-state index contributed by atoms with van der Waals surface area (Å²) in [5.41, 5.74) is -0.303. The molecule has 0 aliphatic heterocycles. The second kappa shape index (κ2) is 8.08. The van der Waals surface area contributed by atoms with Gasteiger partial charge in [-0.2, -0.15) is 9.78 Å². The molecule has 0 bridgehead atoms. The molecule has 2 N–H and O–H groups in total. The number of hydrogen-bond acceptors (Lipinski definition) is 5. The Hall–Kier alpha value is -2.77. The second-order valence-corrected chi connectivity index (χ2v) is 7.39. The molecule has 0 aliphatic rings. The van der Waals surface area contributed by atoms with Crippen LogP contribution in [0.25, 0.3) is 5.69 Å². The Morgan fingerprint density at radius 3 is 2.46 bits per heavy atom. The number of benzene rings is 2. The van der Waals surface area contributed by atoms with E-state index in [0.717, 1.165) is 16.4 Å². The van der Waals surface area contributed by atoms with E-state index in [-0.39, 0.29) is 27.2 Å². The maximum absolute atomic E-state index is 11.9. The molecule has 0 spiro atoms. The van der Waals surface area contributed by atoms with Crippen molar-refractivity contribution in [1.29, 1.82) is 0 Å².